The van der Waals surface area contributed by atoms with Crippen LogP contribution in [0.2, 0.25) is 0 Å². The van der Waals surface area contributed by atoms with Crippen LogP contribution in [0.1, 0.15) is 18.4 Å². The number of benzene rings is 2. The Balaban J connectivity index is 1.35. The number of hydrogen-bond acceptors (Lipinski definition) is 4. The number of rotatable bonds is 5. The number of amides is 2. The predicted octanol–water partition coefficient (Wildman–Crippen LogP) is 3.91. The van der Waals surface area contributed by atoms with Crippen molar-refractivity contribution in [3.63, 3.8) is 0 Å². The summed E-state index contributed by atoms with van der Waals surface area (Å²) in [6.07, 6.45) is 1.80. The summed E-state index contributed by atoms with van der Waals surface area (Å²) < 4.78 is 13.4. The second kappa shape index (κ2) is 7.03. The third-order valence-corrected chi connectivity index (χ3v) is 5.76. The highest BCUT2D eigenvalue weighted by atomic mass is 32.2. The normalized spacial score (nSPS) is 19.0. The molecule has 2 aliphatic heterocycles. The Morgan fingerprint density at radius 3 is 2.81 bits per heavy atom. The van der Waals surface area contributed by atoms with Crippen LogP contribution in [0.3, 0.4) is 0 Å². The lowest BCUT2D eigenvalue weighted by atomic mass is 10.1. The number of carbonyl (C=O) groups is 2. The Morgan fingerprint density at radius 1 is 1.15 bits per heavy atom. The summed E-state index contributed by atoms with van der Waals surface area (Å²) in [5.41, 5.74) is 3.67. The second-order valence-electron chi connectivity index (χ2n) is 6.34. The zero-order chi connectivity index (χ0) is 18.1. The lowest BCUT2D eigenvalue weighted by Crippen LogP contribution is -2.31. The first kappa shape index (κ1) is 17.0. The molecule has 2 aliphatic rings. The Labute approximate surface area is 155 Å². The molecule has 0 spiro atoms. The van der Waals surface area contributed by atoms with E-state index in [1.54, 1.807) is 6.07 Å². The van der Waals surface area contributed by atoms with Crippen LogP contribution in [-0.4, -0.2) is 28.5 Å². The van der Waals surface area contributed by atoms with Crippen LogP contribution < -0.4 is 4.90 Å². The van der Waals surface area contributed by atoms with Crippen molar-refractivity contribution in [3.05, 3.63) is 59.9 Å². The molecule has 0 bridgehead atoms. The minimum Gasteiger partial charge on any atom is -0.274 e. The number of carbonyl (C=O) groups excluding carboxylic acids is 2. The first-order valence-electron chi connectivity index (χ1n) is 8.50. The zero-order valence-corrected chi connectivity index (χ0v) is 14.8. The molecular weight excluding hydrogens is 351 g/mol. The maximum absolute atomic E-state index is 13.4. The van der Waals surface area contributed by atoms with E-state index in [0.717, 1.165) is 34.9 Å². The van der Waals surface area contributed by atoms with E-state index in [4.69, 9.17) is 0 Å². The van der Waals surface area contributed by atoms with Crippen LogP contribution >= 0.6 is 11.8 Å². The predicted molar refractivity (Wildman–Crippen MR) is 102 cm³/mol. The van der Waals surface area contributed by atoms with Crippen molar-refractivity contribution in [1.82, 2.24) is 0 Å². The summed E-state index contributed by atoms with van der Waals surface area (Å²) in [4.78, 5) is 30.5. The number of hydrogen-bond donors (Lipinski definition) is 0. The van der Waals surface area contributed by atoms with E-state index in [9.17, 15) is 14.0 Å². The van der Waals surface area contributed by atoms with Crippen molar-refractivity contribution >= 4 is 40.7 Å². The molecule has 6 heteroatoms. The summed E-state index contributed by atoms with van der Waals surface area (Å²) in [5, 5.41) is -0.407. The molecule has 0 aliphatic carbocycles. The van der Waals surface area contributed by atoms with E-state index in [0.29, 0.717) is 5.69 Å². The van der Waals surface area contributed by atoms with Gasteiger partial charge in [0.05, 0.1) is 16.6 Å². The molecule has 2 aromatic carbocycles. The highest BCUT2D eigenvalue weighted by Gasteiger charge is 2.39. The highest BCUT2D eigenvalue weighted by molar-refractivity contribution is 8.00. The second-order valence-corrected chi connectivity index (χ2v) is 7.65. The van der Waals surface area contributed by atoms with Gasteiger partial charge in [-0.3, -0.25) is 14.6 Å². The number of halogens is 1. The monoisotopic (exact) mass is 368 g/mol. The minimum atomic E-state index is -0.460. The van der Waals surface area contributed by atoms with E-state index in [2.05, 4.69) is 11.1 Å². The van der Waals surface area contributed by atoms with Gasteiger partial charge in [0.25, 0.3) is 0 Å². The molecule has 132 valence electrons. The van der Waals surface area contributed by atoms with E-state index in [-0.39, 0.29) is 18.2 Å². The van der Waals surface area contributed by atoms with Crippen molar-refractivity contribution in [2.75, 3.05) is 10.7 Å². The quantitative estimate of drug-likeness (QED) is 0.752. The minimum absolute atomic E-state index is 0.159. The molecule has 26 heavy (non-hydrogen) atoms. The van der Waals surface area contributed by atoms with Gasteiger partial charge in [0.2, 0.25) is 11.8 Å². The van der Waals surface area contributed by atoms with Gasteiger partial charge in [-0.15, -0.1) is 11.8 Å². The van der Waals surface area contributed by atoms with Gasteiger partial charge in [-0.1, -0.05) is 24.3 Å². The van der Waals surface area contributed by atoms with Crippen LogP contribution in [0.25, 0.3) is 0 Å². The lowest BCUT2D eigenvalue weighted by Gasteiger charge is -2.14. The molecule has 0 saturated carbocycles. The number of thioether (sulfide) groups is 1. The molecule has 2 aromatic rings. The molecule has 2 amide bonds. The van der Waals surface area contributed by atoms with E-state index < -0.39 is 11.1 Å². The molecule has 1 unspecified atom stereocenters. The smallest absolute Gasteiger partial charge is 0.247 e. The number of fused-ring (bicyclic) bond motifs is 1. The topological polar surface area (TPSA) is 49.7 Å². The Hall–Kier alpha value is -2.47. The van der Waals surface area contributed by atoms with Crippen molar-refractivity contribution < 1.29 is 14.0 Å². The van der Waals surface area contributed by atoms with Crippen molar-refractivity contribution in [1.29, 1.82) is 0 Å². The van der Waals surface area contributed by atoms with Crippen molar-refractivity contribution in [3.8, 4) is 0 Å². The molecule has 0 radical (unpaired) electrons. The Bertz CT molecular complexity index is 912. The van der Waals surface area contributed by atoms with Gasteiger partial charge in [-0.2, -0.15) is 0 Å². The maximum Gasteiger partial charge on any atom is 0.247 e. The lowest BCUT2D eigenvalue weighted by molar-refractivity contribution is -0.121. The fraction of sp³-hybridized carbons (Fsp3) is 0.250. The largest absolute Gasteiger partial charge is 0.274 e. The standard InChI is InChI=1S/C20H17FN2O2S/c21-14-5-3-6-16(11-14)23-19(24)12-18(20(23)25)26-9-8-15-10-13-4-1-2-7-17(13)22-15/h1-7,11,18H,8-10,12H2. The molecule has 4 rings (SSSR count). The van der Waals surface area contributed by atoms with Gasteiger partial charge in [0.1, 0.15) is 5.82 Å². The van der Waals surface area contributed by atoms with E-state index in [1.165, 1.54) is 35.5 Å². The Morgan fingerprint density at radius 2 is 2.00 bits per heavy atom. The average molecular weight is 368 g/mol. The average Bonchev–Trinajstić information content (AvgIpc) is 3.15. The van der Waals surface area contributed by atoms with Crippen molar-refractivity contribution in [2.45, 2.75) is 24.5 Å². The van der Waals surface area contributed by atoms with Gasteiger partial charge in [-0.25, -0.2) is 9.29 Å². The zero-order valence-electron chi connectivity index (χ0n) is 14.0. The van der Waals surface area contributed by atoms with Crippen LogP contribution in [0.4, 0.5) is 15.8 Å². The van der Waals surface area contributed by atoms with E-state index >= 15 is 0 Å². The van der Waals surface area contributed by atoms with Crippen LogP contribution in [0.15, 0.2) is 53.5 Å². The summed E-state index contributed by atoms with van der Waals surface area (Å²) in [6, 6.07) is 13.7. The molecular formula is C20H17FN2O2S. The number of para-hydroxylation sites is 1. The molecule has 0 N–H and O–H groups in total. The van der Waals surface area contributed by atoms with Gasteiger partial charge in [0.15, 0.2) is 0 Å². The summed E-state index contributed by atoms with van der Waals surface area (Å²) >= 11 is 1.48. The van der Waals surface area contributed by atoms with Crippen LogP contribution in [-0.2, 0) is 16.0 Å². The molecule has 4 nitrogen and oxygen atoms in total. The molecule has 1 fully saturated rings. The third-order valence-electron chi connectivity index (χ3n) is 4.55. The summed E-state index contributed by atoms with van der Waals surface area (Å²) in [5.74, 6) is -0.267. The van der Waals surface area contributed by atoms with E-state index in [1.807, 2.05) is 18.2 Å². The van der Waals surface area contributed by atoms with Crippen LogP contribution in [0, 0.1) is 5.82 Å². The molecule has 0 aromatic heterocycles. The van der Waals surface area contributed by atoms with Gasteiger partial charge in [0, 0.05) is 18.6 Å². The van der Waals surface area contributed by atoms with Gasteiger partial charge < -0.3 is 0 Å². The molecule has 1 atom stereocenters. The fourth-order valence-corrected chi connectivity index (χ4v) is 4.43. The fourth-order valence-electron chi connectivity index (χ4n) is 3.28. The number of anilines is 1. The maximum atomic E-state index is 13.4. The van der Waals surface area contributed by atoms with Gasteiger partial charge >= 0.3 is 0 Å². The van der Waals surface area contributed by atoms with Gasteiger partial charge in [-0.05, 0) is 42.0 Å². The Kier molecular flexibility index (Phi) is 4.59. The molecule has 2 heterocycles. The SMILES string of the molecule is O=C1CC(SCCC2=Nc3ccccc3C2)C(=O)N1c1cccc(F)c1. The number of aliphatic imine (C=N–C) groups is 1. The van der Waals surface area contributed by atoms with Crippen LogP contribution in [0.5, 0.6) is 0 Å². The first-order chi connectivity index (χ1) is 12.6. The summed E-state index contributed by atoms with van der Waals surface area (Å²) in [7, 11) is 0. The number of imide groups is 1. The highest BCUT2D eigenvalue weighted by Crippen LogP contribution is 2.32. The van der Waals surface area contributed by atoms with Crippen molar-refractivity contribution in [2.24, 2.45) is 4.99 Å². The number of nitrogens with zero attached hydrogens (tertiary/aromatic N) is 2. The first-order valence-corrected chi connectivity index (χ1v) is 9.55. The molecule has 1 saturated heterocycles. The third kappa shape index (κ3) is 3.29. The summed E-state index contributed by atoms with van der Waals surface area (Å²) in [6.45, 7) is 0.